The monoisotopic (exact) mass is 371 g/mol. The molecule has 1 heterocycles. The Morgan fingerprint density at radius 3 is 2.36 bits per heavy atom. The third-order valence-corrected chi connectivity index (χ3v) is 4.06. The number of rotatable bonds is 13. The Bertz CT molecular complexity index is 357. The zero-order valence-electron chi connectivity index (χ0n) is 14.3. The van der Waals surface area contributed by atoms with Crippen molar-refractivity contribution in [1.82, 2.24) is 0 Å². The van der Waals surface area contributed by atoms with Gasteiger partial charge in [-0.15, -0.1) is 0 Å². The summed E-state index contributed by atoms with van der Waals surface area (Å²) in [6.07, 6.45) is 18.5. The number of halogens is 1. The van der Waals surface area contributed by atoms with Gasteiger partial charge in [0.15, 0.2) is 12.4 Å². The van der Waals surface area contributed by atoms with Gasteiger partial charge in [-0.3, -0.25) is 0 Å². The Morgan fingerprint density at radius 1 is 0.909 bits per heavy atom. The molecule has 0 spiro atoms. The van der Waals surface area contributed by atoms with Crippen LogP contribution in [0.25, 0.3) is 0 Å². The van der Waals surface area contributed by atoms with E-state index in [2.05, 4.69) is 36.0 Å². The van der Waals surface area contributed by atoms with Crippen LogP contribution < -0.4 is 21.5 Å². The summed E-state index contributed by atoms with van der Waals surface area (Å²) in [4.78, 5) is 0. The van der Waals surface area contributed by atoms with E-state index in [1.165, 1.54) is 63.4 Å². The van der Waals surface area contributed by atoms with Gasteiger partial charge in [-0.25, -0.2) is 4.57 Å². The molecule has 0 saturated carbocycles. The third-order valence-electron chi connectivity index (χ3n) is 4.06. The topological polar surface area (TPSA) is 24.1 Å². The highest BCUT2D eigenvalue weighted by Gasteiger charge is 2.03. The summed E-state index contributed by atoms with van der Waals surface area (Å²) in [6.45, 7) is 3.71. The molecule has 1 aromatic rings. The smallest absolute Gasteiger partial charge is 0.171 e. The minimum Gasteiger partial charge on any atom is -1.00 e. The van der Waals surface area contributed by atoms with Crippen LogP contribution in [0.15, 0.2) is 24.5 Å². The summed E-state index contributed by atoms with van der Waals surface area (Å²) >= 11 is 0. The zero-order chi connectivity index (χ0) is 15.2. The van der Waals surface area contributed by atoms with Crippen molar-refractivity contribution in [1.29, 1.82) is 0 Å². The van der Waals surface area contributed by atoms with Crippen LogP contribution in [0.3, 0.4) is 0 Å². The summed E-state index contributed by atoms with van der Waals surface area (Å²) in [5.74, 6) is 0. The van der Waals surface area contributed by atoms with Gasteiger partial charge in [0.05, 0.1) is 0 Å². The van der Waals surface area contributed by atoms with Gasteiger partial charge >= 0.3 is 0 Å². The van der Waals surface area contributed by atoms with Gasteiger partial charge in [-0.2, -0.15) is 0 Å². The summed E-state index contributed by atoms with van der Waals surface area (Å²) in [5.41, 5.74) is 1.48. The second-order valence-corrected chi connectivity index (χ2v) is 6.11. The first kappa shape index (κ1) is 21.6. The average molecular weight is 372 g/mol. The molecular weight excluding hydrogens is 338 g/mol. The molecule has 0 aliphatic rings. The minimum atomic E-state index is 0. The number of aliphatic hydroxyl groups excluding tert-OH is 1. The molecule has 0 aliphatic heterocycles. The van der Waals surface area contributed by atoms with Gasteiger partial charge in [-0.05, 0) is 31.7 Å². The number of unbranched alkanes of at least 4 members (excludes halogenated alkanes) is 8. The van der Waals surface area contributed by atoms with Crippen molar-refractivity contribution in [2.75, 3.05) is 6.61 Å². The van der Waals surface area contributed by atoms with Crippen LogP contribution in [0.2, 0.25) is 0 Å². The van der Waals surface area contributed by atoms with Crippen LogP contribution in [-0.4, -0.2) is 11.7 Å². The first-order chi connectivity index (χ1) is 10.4. The maximum atomic E-state index is 8.76. The minimum absolute atomic E-state index is 0. The molecule has 128 valence electrons. The number of hydrogen-bond acceptors (Lipinski definition) is 1. The van der Waals surface area contributed by atoms with E-state index in [1.807, 2.05) is 0 Å². The first-order valence-electron chi connectivity index (χ1n) is 8.95. The van der Waals surface area contributed by atoms with E-state index >= 15 is 0 Å². The van der Waals surface area contributed by atoms with Crippen LogP contribution in [0.4, 0.5) is 0 Å². The van der Waals surface area contributed by atoms with Crippen LogP contribution in [0.1, 0.15) is 76.7 Å². The molecule has 1 N–H and O–H groups in total. The van der Waals surface area contributed by atoms with E-state index in [4.69, 9.17) is 5.11 Å². The highest BCUT2D eigenvalue weighted by atomic mass is 79.9. The van der Waals surface area contributed by atoms with E-state index in [0.717, 1.165) is 19.4 Å². The third kappa shape index (κ3) is 11.2. The predicted octanol–water partition coefficient (Wildman–Crippen LogP) is 1.43. The SMILES string of the molecule is CCCCCCCCc1ccc[n+](CCCCCCO)c1.[Br-]. The van der Waals surface area contributed by atoms with E-state index in [1.54, 1.807) is 0 Å². The fraction of sp³-hybridized carbons (Fsp3) is 0.737. The van der Waals surface area contributed by atoms with Crippen molar-refractivity contribution in [2.45, 2.75) is 84.1 Å². The molecule has 0 atom stereocenters. The van der Waals surface area contributed by atoms with E-state index in [0.29, 0.717) is 6.61 Å². The second-order valence-electron chi connectivity index (χ2n) is 6.11. The number of aromatic nitrogens is 1. The number of pyridine rings is 1. The summed E-state index contributed by atoms with van der Waals surface area (Å²) in [7, 11) is 0. The maximum absolute atomic E-state index is 8.76. The van der Waals surface area contributed by atoms with Gasteiger partial charge in [0.1, 0.15) is 6.54 Å². The lowest BCUT2D eigenvalue weighted by molar-refractivity contribution is -0.697. The molecule has 0 aromatic carbocycles. The van der Waals surface area contributed by atoms with Gasteiger partial charge in [0, 0.05) is 24.7 Å². The molecule has 3 heteroatoms. The molecule has 0 fully saturated rings. The predicted molar refractivity (Wildman–Crippen MR) is 89.3 cm³/mol. The number of hydrogen-bond donors (Lipinski definition) is 1. The van der Waals surface area contributed by atoms with E-state index in [9.17, 15) is 0 Å². The molecule has 2 nitrogen and oxygen atoms in total. The Kier molecular flexibility index (Phi) is 15.2. The molecule has 1 aromatic heterocycles. The lowest BCUT2D eigenvalue weighted by atomic mass is 10.1. The van der Waals surface area contributed by atoms with Crippen LogP contribution >= 0.6 is 0 Å². The Labute approximate surface area is 147 Å². The second kappa shape index (κ2) is 15.5. The van der Waals surface area contributed by atoms with Crippen molar-refractivity contribution < 1.29 is 26.7 Å². The molecule has 0 radical (unpaired) electrons. The van der Waals surface area contributed by atoms with E-state index < -0.39 is 0 Å². The van der Waals surface area contributed by atoms with Crippen molar-refractivity contribution >= 4 is 0 Å². The molecule has 0 bridgehead atoms. The van der Waals surface area contributed by atoms with Crippen molar-refractivity contribution in [3.8, 4) is 0 Å². The fourth-order valence-corrected chi connectivity index (χ4v) is 2.73. The Morgan fingerprint density at radius 2 is 1.59 bits per heavy atom. The number of aryl methyl sites for hydroxylation is 2. The van der Waals surface area contributed by atoms with Gasteiger partial charge < -0.3 is 22.1 Å². The van der Waals surface area contributed by atoms with E-state index in [-0.39, 0.29) is 17.0 Å². The quantitative estimate of drug-likeness (QED) is 0.411. The standard InChI is InChI=1S/C19H34NO.BrH/c1-2-3-4-5-6-9-13-19-14-12-16-20(18-19)15-10-7-8-11-17-21;/h12,14,16,18,21H,2-11,13,15,17H2,1H3;1H/q+1;/p-1. The highest BCUT2D eigenvalue weighted by Crippen LogP contribution is 2.08. The normalized spacial score (nSPS) is 10.5. The van der Waals surface area contributed by atoms with Gasteiger partial charge in [-0.1, -0.05) is 45.4 Å². The Hall–Kier alpha value is -0.410. The highest BCUT2D eigenvalue weighted by molar-refractivity contribution is 5.05. The van der Waals surface area contributed by atoms with Crippen molar-refractivity contribution in [3.63, 3.8) is 0 Å². The van der Waals surface area contributed by atoms with Crippen LogP contribution in [-0.2, 0) is 13.0 Å². The number of nitrogens with zero attached hydrogens (tertiary/aromatic N) is 1. The van der Waals surface area contributed by atoms with Crippen LogP contribution in [0.5, 0.6) is 0 Å². The molecule has 22 heavy (non-hydrogen) atoms. The lowest BCUT2D eigenvalue weighted by Gasteiger charge is -2.02. The summed E-state index contributed by atoms with van der Waals surface area (Å²) < 4.78 is 2.32. The molecule has 0 aliphatic carbocycles. The molecule has 1 rings (SSSR count). The van der Waals surface area contributed by atoms with Crippen molar-refractivity contribution in [3.05, 3.63) is 30.1 Å². The number of aliphatic hydroxyl groups is 1. The first-order valence-corrected chi connectivity index (χ1v) is 8.95. The largest absolute Gasteiger partial charge is 1.00 e. The Balaban J connectivity index is 0.00000441. The molecular formula is C19H34BrNO. The fourth-order valence-electron chi connectivity index (χ4n) is 2.73. The van der Waals surface area contributed by atoms with Gasteiger partial charge in [0.2, 0.25) is 0 Å². The lowest BCUT2D eigenvalue weighted by Crippen LogP contribution is -3.00. The molecule has 0 unspecified atom stereocenters. The van der Waals surface area contributed by atoms with Crippen LogP contribution in [0, 0.1) is 0 Å². The molecule has 0 saturated heterocycles. The van der Waals surface area contributed by atoms with Crippen molar-refractivity contribution in [2.24, 2.45) is 0 Å². The average Bonchev–Trinajstić information content (AvgIpc) is 2.51. The maximum Gasteiger partial charge on any atom is 0.171 e. The summed E-state index contributed by atoms with van der Waals surface area (Å²) in [6, 6.07) is 4.44. The van der Waals surface area contributed by atoms with Gasteiger partial charge in [0.25, 0.3) is 0 Å². The molecule has 0 amide bonds. The summed E-state index contributed by atoms with van der Waals surface area (Å²) in [5, 5.41) is 8.76. The zero-order valence-corrected chi connectivity index (χ0v) is 15.9.